The van der Waals surface area contributed by atoms with Crippen LogP contribution in [0.4, 0.5) is 0 Å². The van der Waals surface area contributed by atoms with Gasteiger partial charge in [-0.25, -0.2) is 0 Å². The fourth-order valence-corrected chi connectivity index (χ4v) is 3.64. The van der Waals surface area contributed by atoms with Crippen LogP contribution in [-0.4, -0.2) is 0 Å². The van der Waals surface area contributed by atoms with Crippen LogP contribution in [0.1, 0.15) is 37.7 Å². The summed E-state index contributed by atoms with van der Waals surface area (Å²) >= 11 is 0. The molecule has 149 valence electrons. The van der Waals surface area contributed by atoms with E-state index in [2.05, 4.69) is 76.2 Å². The molecule has 4 aromatic rings. The molecule has 29 heavy (non-hydrogen) atoms. The van der Waals surface area contributed by atoms with Gasteiger partial charge in [0.25, 0.3) is 0 Å². The Kier molecular flexibility index (Phi) is 8.67. The molecule has 1 aromatic heterocycles. The first-order valence-electron chi connectivity index (χ1n) is 9.21. The van der Waals surface area contributed by atoms with Crippen LogP contribution in [0.15, 0.2) is 65.1 Å². The van der Waals surface area contributed by atoms with Crippen molar-refractivity contribution in [1.82, 2.24) is 0 Å². The van der Waals surface area contributed by atoms with Gasteiger partial charge in [-0.15, -0.1) is 29.0 Å². The van der Waals surface area contributed by atoms with Crippen molar-refractivity contribution < 1.29 is 55.4 Å². The molecular weight excluding hydrogens is 478 g/mol. The van der Waals surface area contributed by atoms with E-state index in [1.54, 1.807) is 0 Å². The minimum atomic E-state index is 0. The second-order valence-electron chi connectivity index (χ2n) is 8.24. The van der Waals surface area contributed by atoms with Gasteiger partial charge in [0, 0.05) is 0 Å². The van der Waals surface area contributed by atoms with Gasteiger partial charge in [-0.05, 0) is 48.1 Å². The number of fused-ring (bicyclic) bond motifs is 1. The van der Waals surface area contributed by atoms with Gasteiger partial charge in [0.1, 0.15) is 0 Å². The molecule has 0 atom stereocenters. The predicted molar refractivity (Wildman–Crippen MR) is 111 cm³/mol. The van der Waals surface area contributed by atoms with Gasteiger partial charge in [-0.2, -0.15) is 0 Å². The summed E-state index contributed by atoms with van der Waals surface area (Å²) < 4.78 is 5.83. The van der Waals surface area contributed by atoms with Crippen molar-refractivity contribution in [2.45, 2.75) is 40.0 Å². The standard InChI is InChI=1S/C25H25O.2ClH.Zr/c1-16-6-8-19-14-20(23-13-7-17(2)26-23)15-22(19)24(16)18-9-11-21(12-10-18)25(3,4)5;;;/h6-15H,1-5H3;2*1H;/q-1;;;+3/p-2. The molecule has 1 nitrogen and oxygen atoms in total. The van der Waals surface area contributed by atoms with Crippen molar-refractivity contribution in [3.05, 3.63) is 77.6 Å². The number of halogens is 2. The average Bonchev–Trinajstić information content (AvgIpc) is 3.20. The van der Waals surface area contributed by atoms with Gasteiger partial charge in [0.05, 0.1) is 11.5 Å². The molecular formula is C25H25Cl2OZr. The molecule has 3 aromatic carbocycles. The van der Waals surface area contributed by atoms with E-state index >= 15 is 0 Å². The van der Waals surface area contributed by atoms with Gasteiger partial charge in [0.2, 0.25) is 0 Å². The van der Waals surface area contributed by atoms with Crippen molar-refractivity contribution in [2.75, 3.05) is 0 Å². The quantitative estimate of drug-likeness (QED) is 0.377. The number of hydrogen-bond donors (Lipinski definition) is 0. The van der Waals surface area contributed by atoms with Gasteiger partial charge in [0.15, 0.2) is 0 Å². The SMILES string of the molecule is Cc1ccc(-c2cc3c(-c4ccc(C(C)(C)C)cc4)c(C)ccc3[cH-]2)o1.[Cl-].[Cl-].[Zr+3]. The van der Waals surface area contributed by atoms with Crippen LogP contribution >= 0.6 is 0 Å². The third kappa shape index (κ3) is 5.11. The van der Waals surface area contributed by atoms with E-state index in [9.17, 15) is 0 Å². The summed E-state index contributed by atoms with van der Waals surface area (Å²) in [6.07, 6.45) is 0. The number of benzene rings is 2. The molecule has 1 radical (unpaired) electrons. The smallest absolute Gasteiger partial charge is 1.00 e. The van der Waals surface area contributed by atoms with Crippen LogP contribution in [0.5, 0.6) is 0 Å². The Labute approximate surface area is 205 Å². The molecule has 0 aliphatic carbocycles. The molecule has 0 spiro atoms. The molecule has 4 rings (SSSR count). The summed E-state index contributed by atoms with van der Waals surface area (Å²) in [4.78, 5) is 0. The first kappa shape index (κ1) is 25.8. The van der Waals surface area contributed by atoms with Crippen LogP contribution in [-0.2, 0) is 31.6 Å². The fourth-order valence-electron chi connectivity index (χ4n) is 3.64. The van der Waals surface area contributed by atoms with Crippen molar-refractivity contribution in [2.24, 2.45) is 0 Å². The zero-order chi connectivity index (χ0) is 18.5. The maximum absolute atomic E-state index is 5.83. The van der Waals surface area contributed by atoms with Gasteiger partial charge < -0.3 is 29.2 Å². The zero-order valence-electron chi connectivity index (χ0n) is 17.4. The molecule has 0 bridgehead atoms. The summed E-state index contributed by atoms with van der Waals surface area (Å²) in [5, 5.41) is 2.55. The van der Waals surface area contributed by atoms with E-state index in [1.165, 1.54) is 33.0 Å². The number of furan rings is 1. The molecule has 4 heteroatoms. The largest absolute Gasteiger partial charge is 3.00 e. The summed E-state index contributed by atoms with van der Waals surface area (Å²) in [6, 6.07) is 22.0. The molecule has 0 unspecified atom stereocenters. The average molecular weight is 504 g/mol. The van der Waals surface area contributed by atoms with Crippen molar-refractivity contribution in [1.29, 1.82) is 0 Å². The molecule has 0 amide bonds. The van der Waals surface area contributed by atoms with E-state index in [0.29, 0.717) is 0 Å². The molecule has 0 aliphatic heterocycles. The Morgan fingerprint density at radius 2 is 1.48 bits per heavy atom. The molecule has 0 saturated heterocycles. The van der Waals surface area contributed by atoms with Crippen LogP contribution < -0.4 is 24.8 Å². The Bertz CT molecular complexity index is 1080. The number of rotatable bonds is 2. The Balaban J connectivity index is 0.00000140. The second kappa shape index (κ2) is 9.73. The van der Waals surface area contributed by atoms with E-state index in [0.717, 1.165) is 17.1 Å². The minimum Gasteiger partial charge on any atom is -1.00 e. The number of hydrogen-bond acceptors (Lipinski definition) is 1. The predicted octanol–water partition coefficient (Wildman–Crippen LogP) is 1.41. The van der Waals surface area contributed by atoms with Crippen molar-refractivity contribution in [3.63, 3.8) is 0 Å². The molecule has 0 N–H and O–H groups in total. The van der Waals surface area contributed by atoms with Gasteiger partial charge in [-0.3, -0.25) is 0 Å². The van der Waals surface area contributed by atoms with Gasteiger partial charge >= 0.3 is 26.2 Å². The topological polar surface area (TPSA) is 13.1 Å². The third-order valence-electron chi connectivity index (χ3n) is 5.16. The summed E-state index contributed by atoms with van der Waals surface area (Å²) in [7, 11) is 0. The van der Waals surface area contributed by atoms with Crippen LogP contribution in [0.3, 0.4) is 0 Å². The van der Waals surface area contributed by atoms with Crippen LogP contribution in [0.2, 0.25) is 0 Å². The summed E-state index contributed by atoms with van der Waals surface area (Å²) in [5.41, 5.74) is 6.57. The van der Waals surface area contributed by atoms with Crippen molar-refractivity contribution >= 4 is 10.8 Å². The summed E-state index contributed by atoms with van der Waals surface area (Å²) in [6.45, 7) is 10.9. The van der Waals surface area contributed by atoms with E-state index in [-0.39, 0.29) is 56.4 Å². The maximum Gasteiger partial charge on any atom is 3.00 e. The van der Waals surface area contributed by atoms with E-state index in [4.69, 9.17) is 4.42 Å². The fraction of sp³-hybridized carbons (Fsp3) is 0.240. The second-order valence-corrected chi connectivity index (χ2v) is 8.24. The molecule has 0 fully saturated rings. The van der Waals surface area contributed by atoms with Crippen molar-refractivity contribution in [3.8, 4) is 22.5 Å². The van der Waals surface area contributed by atoms with Crippen LogP contribution in [0.25, 0.3) is 33.2 Å². The molecule has 1 heterocycles. The normalized spacial score (nSPS) is 10.8. The monoisotopic (exact) mass is 501 g/mol. The Hall–Kier alpha value is -1.21. The maximum atomic E-state index is 5.83. The Morgan fingerprint density at radius 1 is 0.828 bits per heavy atom. The molecule has 0 saturated carbocycles. The van der Waals surface area contributed by atoms with E-state index in [1.807, 2.05) is 19.1 Å². The first-order chi connectivity index (χ1) is 12.3. The third-order valence-corrected chi connectivity index (χ3v) is 5.16. The first-order valence-corrected chi connectivity index (χ1v) is 9.21. The Morgan fingerprint density at radius 3 is 2.03 bits per heavy atom. The zero-order valence-corrected chi connectivity index (χ0v) is 21.4. The van der Waals surface area contributed by atoms with E-state index < -0.39 is 0 Å². The minimum absolute atomic E-state index is 0. The molecule has 0 aliphatic rings. The van der Waals surface area contributed by atoms with Gasteiger partial charge in [-0.1, -0.05) is 62.2 Å². The summed E-state index contributed by atoms with van der Waals surface area (Å²) in [5.74, 6) is 1.88. The number of aryl methyl sites for hydroxylation is 2. The van der Waals surface area contributed by atoms with Crippen LogP contribution in [0, 0.1) is 13.8 Å².